The first-order valence-corrected chi connectivity index (χ1v) is 18.0. The van der Waals surface area contributed by atoms with Crippen LogP contribution < -0.4 is 9.62 Å². The van der Waals surface area contributed by atoms with Crippen LogP contribution in [0.2, 0.25) is 0 Å². The first-order chi connectivity index (χ1) is 22.4. The highest BCUT2D eigenvalue weighted by Crippen LogP contribution is 2.66. The van der Waals surface area contributed by atoms with Crippen molar-refractivity contribution in [1.29, 1.82) is 0 Å². The number of anilines is 2. The molecule has 3 aromatic rings. The number of halogens is 4. The Labute approximate surface area is 277 Å². The molecule has 1 aromatic heterocycles. The molecule has 6 aliphatic carbocycles. The summed E-state index contributed by atoms with van der Waals surface area (Å²) in [5.74, 6) is 1.31. The molecule has 1 N–H and O–H groups in total. The van der Waals surface area contributed by atoms with Crippen molar-refractivity contribution < 1.29 is 35.3 Å². The molecule has 258 valence electrons. The second-order valence-corrected chi connectivity index (χ2v) is 17.3. The van der Waals surface area contributed by atoms with Crippen LogP contribution >= 0.6 is 0 Å². The van der Waals surface area contributed by atoms with Crippen molar-refractivity contribution >= 4 is 27.3 Å². The summed E-state index contributed by atoms with van der Waals surface area (Å²) in [6.45, 7) is 6.64. The molecule has 13 heteroatoms. The fraction of sp³-hybridized carbons (Fsp3) is 0.571. The maximum Gasteiger partial charge on any atom is 0.516 e. The number of fused-ring (bicyclic) bond motifs is 3. The molecule has 1 amide bonds. The highest BCUT2D eigenvalue weighted by Gasteiger charge is 2.67. The number of rotatable bonds is 9. The molecule has 9 rings (SSSR count). The van der Waals surface area contributed by atoms with E-state index in [-0.39, 0.29) is 46.1 Å². The molecule has 0 spiro atoms. The normalized spacial score (nSPS) is 29.6. The smallest absolute Gasteiger partial charge is 0.339 e. The van der Waals surface area contributed by atoms with E-state index in [1.165, 1.54) is 24.3 Å². The Balaban J connectivity index is 1.12. The SMILES string of the molecule is CC(C)(C)c1nc(C23CCC(CN(C(=O)CC4C5CC4(F)C5)c4cccc(-c5ccc(NS(=O)(=O)C(F)(F)F)cc5)c4)(CC2)CC3)no1. The first kappa shape index (κ1) is 33.0. The molecule has 6 fully saturated rings. The molecular weight excluding hydrogens is 648 g/mol. The van der Waals surface area contributed by atoms with Gasteiger partial charge in [0.05, 0.1) is 0 Å². The monoisotopic (exact) mass is 688 g/mol. The third kappa shape index (κ3) is 5.69. The molecule has 1 heterocycles. The number of nitrogens with zero attached hydrogens (tertiary/aromatic N) is 3. The van der Waals surface area contributed by atoms with Crippen molar-refractivity contribution in [2.45, 2.75) is 101 Å². The van der Waals surface area contributed by atoms with E-state index in [1.807, 2.05) is 49.9 Å². The van der Waals surface area contributed by atoms with E-state index in [4.69, 9.17) is 9.51 Å². The predicted octanol–water partition coefficient (Wildman–Crippen LogP) is 8.06. The highest BCUT2D eigenvalue weighted by atomic mass is 32.2. The summed E-state index contributed by atoms with van der Waals surface area (Å²) in [6.07, 6.45) is 6.57. The van der Waals surface area contributed by atoms with Gasteiger partial charge in [-0.3, -0.25) is 9.52 Å². The summed E-state index contributed by atoms with van der Waals surface area (Å²) in [6, 6.07) is 12.9. The highest BCUT2D eigenvalue weighted by molar-refractivity contribution is 7.93. The Kier molecular flexibility index (Phi) is 7.58. The van der Waals surface area contributed by atoms with Gasteiger partial charge < -0.3 is 9.42 Å². The van der Waals surface area contributed by atoms with Crippen LogP contribution in [0.4, 0.5) is 28.9 Å². The van der Waals surface area contributed by atoms with Crippen molar-refractivity contribution in [3.8, 4) is 11.1 Å². The topological polar surface area (TPSA) is 105 Å². The minimum atomic E-state index is -5.55. The van der Waals surface area contributed by atoms with Crippen molar-refractivity contribution in [1.82, 2.24) is 10.1 Å². The summed E-state index contributed by atoms with van der Waals surface area (Å²) in [4.78, 5) is 20.7. The third-order valence-electron chi connectivity index (χ3n) is 11.5. The summed E-state index contributed by atoms with van der Waals surface area (Å²) in [7, 11) is -5.55. The molecule has 8 nitrogen and oxygen atoms in total. The van der Waals surface area contributed by atoms with Crippen molar-refractivity contribution in [3.05, 3.63) is 60.2 Å². The number of alkyl halides is 4. The number of nitrogens with one attached hydrogen (secondary N) is 1. The molecule has 48 heavy (non-hydrogen) atoms. The molecule has 2 aromatic carbocycles. The summed E-state index contributed by atoms with van der Waals surface area (Å²) in [5, 5.41) is 4.40. The van der Waals surface area contributed by atoms with Gasteiger partial charge in [-0.2, -0.15) is 26.6 Å². The van der Waals surface area contributed by atoms with Gasteiger partial charge in [0.1, 0.15) is 5.67 Å². The Hall–Kier alpha value is -3.48. The number of hydrogen-bond acceptors (Lipinski definition) is 6. The maximum atomic E-state index is 15.0. The van der Waals surface area contributed by atoms with E-state index in [0.29, 0.717) is 42.1 Å². The van der Waals surface area contributed by atoms with Crippen LogP contribution in [-0.2, 0) is 25.6 Å². The van der Waals surface area contributed by atoms with Gasteiger partial charge in [-0.1, -0.05) is 50.2 Å². The second-order valence-electron chi connectivity index (χ2n) is 15.6. The summed E-state index contributed by atoms with van der Waals surface area (Å²) in [5.41, 5.74) is -5.36. The second kappa shape index (κ2) is 11.0. The Morgan fingerprint density at radius 3 is 2.15 bits per heavy atom. The van der Waals surface area contributed by atoms with Crippen molar-refractivity contribution in [3.63, 3.8) is 0 Å². The number of hydrogen-bond donors (Lipinski definition) is 1. The van der Waals surface area contributed by atoms with Crippen LogP contribution in [0.15, 0.2) is 53.1 Å². The minimum Gasteiger partial charge on any atom is -0.339 e. The van der Waals surface area contributed by atoms with E-state index in [9.17, 15) is 26.4 Å². The van der Waals surface area contributed by atoms with E-state index in [2.05, 4.69) is 5.16 Å². The van der Waals surface area contributed by atoms with Gasteiger partial charge in [-0.05, 0) is 98.1 Å². The van der Waals surface area contributed by atoms with Crippen LogP contribution in [0.1, 0.15) is 90.3 Å². The standard InChI is InChI=1S/C35H40F4N4O4S/c1-31(2,3)30-40-29(41-47-30)33-14-11-32(12-15-33,13-16-33)21-43(28(44)18-27-24-19-34(27,36)20-24)26-6-4-5-23(17-26)22-7-9-25(10-8-22)42-48(45,46)35(37,38)39/h4-10,17,24,27,42H,11-16,18-21H2,1-3H3. The number of carbonyl (C=O) groups is 1. The molecule has 6 aliphatic rings. The molecule has 0 saturated heterocycles. The zero-order valence-electron chi connectivity index (χ0n) is 27.2. The van der Waals surface area contributed by atoms with Gasteiger partial charge in [0, 0.05) is 41.1 Å². The summed E-state index contributed by atoms with van der Waals surface area (Å²) >= 11 is 0. The van der Waals surface area contributed by atoms with Crippen molar-refractivity contribution in [2.24, 2.45) is 17.3 Å². The van der Waals surface area contributed by atoms with Crippen LogP contribution in [0.25, 0.3) is 11.1 Å². The van der Waals surface area contributed by atoms with Crippen LogP contribution in [0.5, 0.6) is 0 Å². The number of sulfonamides is 1. The lowest BCUT2D eigenvalue weighted by Crippen LogP contribution is -2.65. The van der Waals surface area contributed by atoms with Gasteiger partial charge >= 0.3 is 15.5 Å². The van der Waals surface area contributed by atoms with Gasteiger partial charge in [0.2, 0.25) is 11.8 Å². The number of amides is 1. The van der Waals surface area contributed by atoms with E-state index >= 15 is 4.39 Å². The fourth-order valence-electron chi connectivity index (χ4n) is 8.18. The largest absolute Gasteiger partial charge is 0.516 e. The zero-order chi connectivity index (χ0) is 34.3. The molecule has 4 bridgehead atoms. The van der Waals surface area contributed by atoms with E-state index in [1.54, 1.807) is 4.72 Å². The average molecular weight is 689 g/mol. The molecule has 1 atom stereocenters. The lowest BCUT2D eigenvalue weighted by molar-refractivity contribution is -0.205. The first-order valence-electron chi connectivity index (χ1n) is 16.5. The average Bonchev–Trinajstić information content (AvgIpc) is 3.55. The lowest BCUT2D eigenvalue weighted by atomic mass is 9.45. The van der Waals surface area contributed by atoms with Gasteiger partial charge in [0.25, 0.3) is 0 Å². The van der Waals surface area contributed by atoms with Gasteiger partial charge in [-0.15, -0.1) is 0 Å². The van der Waals surface area contributed by atoms with E-state index in [0.717, 1.165) is 44.3 Å². The van der Waals surface area contributed by atoms with Gasteiger partial charge in [-0.25, -0.2) is 4.39 Å². The van der Waals surface area contributed by atoms with Crippen LogP contribution in [0, 0.1) is 17.3 Å². The molecule has 0 radical (unpaired) electrons. The Bertz CT molecular complexity index is 1800. The number of benzene rings is 2. The Morgan fingerprint density at radius 2 is 1.62 bits per heavy atom. The Morgan fingerprint density at radius 1 is 0.979 bits per heavy atom. The molecule has 0 aliphatic heterocycles. The predicted molar refractivity (Wildman–Crippen MR) is 172 cm³/mol. The zero-order valence-corrected chi connectivity index (χ0v) is 28.1. The van der Waals surface area contributed by atoms with Crippen molar-refractivity contribution in [2.75, 3.05) is 16.2 Å². The lowest BCUT2D eigenvalue weighted by Gasteiger charge is -2.63. The number of carbonyl (C=O) groups excluding carboxylic acids is 1. The summed E-state index contributed by atoms with van der Waals surface area (Å²) < 4.78 is 83.9. The van der Waals surface area contributed by atoms with Gasteiger partial charge in [0.15, 0.2) is 5.82 Å². The molecular formula is C35H40F4N4O4S. The maximum absolute atomic E-state index is 15.0. The van der Waals surface area contributed by atoms with Crippen LogP contribution in [0.3, 0.4) is 0 Å². The molecule has 1 unspecified atom stereocenters. The minimum absolute atomic E-state index is 0.106. The number of aromatic nitrogens is 2. The fourth-order valence-corrected chi connectivity index (χ4v) is 8.75. The third-order valence-corrected chi connectivity index (χ3v) is 12.6. The quantitative estimate of drug-likeness (QED) is 0.228. The van der Waals surface area contributed by atoms with E-state index < -0.39 is 21.2 Å². The molecule has 6 saturated carbocycles. The van der Waals surface area contributed by atoms with Crippen LogP contribution in [-0.4, -0.2) is 42.2 Å².